The third kappa shape index (κ3) is 6.22. The minimum atomic E-state index is 0.457. The Morgan fingerprint density at radius 2 is 1.88 bits per heavy atom. The summed E-state index contributed by atoms with van der Waals surface area (Å²) in [6.07, 6.45) is 6.66. The zero-order valence-electron chi connectivity index (χ0n) is 19.6. The third-order valence-corrected chi connectivity index (χ3v) is 6.59. The first kappa shape index (κ1) is 22.6. The molecule has 3 heterocycles. The largest absolute Gasteiger partial charge is 0.357 e. The SMILES string of the molecule is CCNC(=NCC1CCCN1Cc1ccccc1)NC1CCN(c2ccc(C)cn2)CC1. The summed E-state index contributed by atoms with van der Waals surface area (Å²) in [6.45, 7) is 10.2. The van der Waals surface area contributed by atoms with Gasteiger partial charge in [-0.3, -0.25) is 9.89 Å². The molecule has 1 atom stereocenters. The molecule has 2 saturated heterocycles. The van der Waals surface area contributed by atoms with Crippen molar-refractivity contribution >= 4 is 11.8 Å². The van der Waals surface area contributed by atoms with Crippen LogP contribution in [0, 0.1) is 6.92 Å². The topological polar surface area (TPSA) is 55.8 Å². The fraction of sp³-hybridized carbons (Fsp3) is 0.538. The van der Waals surface area contributed by atoms with E-state index in [0.717, 1.165) is 57.3 Å². The molecule has 2 aliphatic heterocycles. The van der Waals surface area contributed by atoms with Crippen LogP contribution < -0.4 is 15.5 Å². The van der Waals surface area contributed by atoms with Gasteiger partial charge < -0.3 is 15.5 Å². The molecule has 0 amide bonds. The molecule has 1 aromatic heterocycles. The number of likely N-dealkylation sites (tertiary alicyclic amines) is 1. The highest BCUT2D eigenvalue weighted by Gasteiger charge is 2.25. The smallest absolute Gasteiger partial charge is 0.191 e. The van der Waals surface area contributed by atoms with Crippen LogP contribution in [0.1, 0.15) is 43.7 Å². The van der Waals surface area contributed by atoms with Gasteiger partial charge in [0.1, 0.15) is 5.82 Å². The van der Waals surface area contributed by atoms with Gasteiger partial charge >= 0.3 is 0 Å². The summed E-state index contributed by atoms with van der Waals surface area (Å²) in [4.78, 5) is 14.6. The number of aryl methyl sites for hydroxylation is 1. The average molecular weight is 435 g/mol. The Kier molecular flexibility index (Phi) is 7.99. The maximum Gasteiger partial charge on any atom is 0.191 e. The van der Waals surface area contributed by atoms with Gasteiger partial charge in [0.2, 0.25) is 0 Å². The van der Waals surface area contributed by atoms with Crippen molar-refractivity contribution in [2.75, 3.05) is 37.6 Å². The number of nitrogens with zero attached hydrogens (tertiary/aromatic N) is 4. The quantitative estimate of drug-likeness (QED) is 0.515. The molecule has 4 rings (SSSR count). The fourth-order valence-corrected chi connectivity index (χ4v) is 4.74. The normalized spacial score (nSPS) is 20.5. The van der Waals surface area contributed by atoms with Crippen LogP contribution in [0.2, 0.25) is 0 Å². The number of nitrogens with one attached hydrogen (secondary N) is 2. The summed E-state index contributed by atoms with van der Waals surface area (Å²) in [5.74, 6) is 2.06. The van der Waals surface area contributed by atoms with E-state index in [9.17, 15) is 0 Å². The van der Waals surface area contributed by atoms with Crippen molar-refractivity contribution in [2.45, 2.75) is 58.2 Å². The lowest BCUT2D eigenvalue weighted by Gasteiger charge is -2.34. The van der Waals surface area contributed by atoms with Crippen LogP contribution in [0.4, 0.5) is 5.82 Å². The van der Waals surface area contributed by atoms with Gasteiger partial charge in [-0.05, 0) is 63.3 Å². The molecule has 0 aliphatic carbocycles. The highest BCUT2D eigenvalue weighted by Crippen LogP contribution is 2.21. The van der Waals surface area contributed by atoms with E-state index >= 15 is 0 Å². The molecular weight excluding hydrogens is 396 g/mol. The molecule has 2 N–H and O–H groups in total. The number of aliphatic imine (C=N–C) groups is 1. The summed E-state index contributed by atoms with van der Waals surface area (Å²) in [6, 6.07) is 16.1. The van der Waals surface area contributed by atoms with Crippen molar-refractivity contribution in [2.24, 2.45) is 4.99 Å². The molecule has 0 saturated carbocycles. The fourth-order valence-electron chi connectivity index (χ4n) is 4.74. The van der Waals surface area contributed by atoms with Crippen LogP contribution in [0.25, 0.3) is 0 Å². The maximum atomic E-state index is 5.00. The highest BCUT2D eigenvalue weighted by molar-refractivity contribution is 5.80. The second kappa shape index (κ2) is 11.3. The number of guanidine groups is 1. The summed E-state index contributed by atoms with van der Waals surface area (Å²) in [7, 11) is 0. The van der Waals surface area contributed by atoms with Gasteiger partial charge in [0.05, 0.1) is 6.54 Å². The van der Waals surface area contributed by atoms with E-state index in [4.69, 9.17) is 4.99 Å². The van der Waals surface area contributed by atoms with Gasteiger partial charge in [-0.1, -0.05) is 36.4 Å². The third-order valence-electron chi connectivity index (χ3n) is 6.59. The van der Waals surface area contributed by atoms with Crippen LogP contribution >= 0.6 is 0 Å². The van der Waals surface area contributed by atoms with E-state index < -0.39 is 0 Å². The molecule has 32 heavy (non-hydrogen) atoms. The zero-order valence-corrected chi connectivity index (χ0v) is 19.6. The molecule has 2 aromatic rings. The Morgan fingerprint density at radius 3 is 2.59 bits per heavy atom. The van der Waals surface area contributed by atoms with Gasteiger partial charge in [-0.15, -0.1) is 0 Å². The second-order valence-electron chi connectivity index (χ2n) is 9.07. The number of rotatable bonds is 7. The molecule has 1 unspecified atom stereocenters. The lowest BCUT2D eigenvalue weighted by molar-refractivity contribution is 0.250. The molecule has 2 aliphatic rings. The Hall–Kier alpha value is -2.60. The monoisotopic (exact) mass is 434 g/mol. The lowest BCUT2D eigenvalue weighted by Crippen LogP contribution is -2.49. The molecule has 0 bridgehead atoms. The molecule has 1 aromatic carbocycles. The van der Waals surface area contributed by atoms with E-state index in [-0.39, 0.29) is 0 Å². The number of anilines is 1. The van der Waals surface area contributed by atoms with Crippen molar-refractivity contribution < 1.29 is 0 Å². The first-order valence-corrected chi connectivity index (χ1v) is 12.2. The van der Waals surface area contributed by atoms with E-state index in [2.05, 4.69) is 81.7 Å². The Morgan fingerprint density at radius 1 is 1.06 bits per heavy atom. The molecule has 2 fully saturated rings. The van der Waals surface area contributed by atoms with Gasteiger partial charge in [-0.2, -0.15) is 0 Å². The number of hydrogen-bond acceptors (Lipinski definition) is 4. The van der Waals surface area contributed by atoms with Gasteiger partial charge in [0.25, 0.3) is 0 Å². The summed E-state index contributed by atoms with van der Waals surface area (Å²) < 4.78 is 0. The summed E-state index contributed by atoms with van der Waals surface area (Å²) in [5.41, 5.74) is 2.60. The molecule has 6 nitrogen and oxygen atoms in total. The number of aromatic nitrogens is 1. The van der Waals surface area contributed by atoms with Crippen LogP contribution in [0.5, 0.6) is 0 Å². The lowest BCUT2D eigenvalue weighted by atomic mass is 10.1. The Bertz CT molecular complexity index is 842. The maximum absolute atomic E-state index is 5.00. The number of pyridine rings is 1. The van der Waals surface area contributed by atoms with Crippen molar-refractivity contribution in [3.8, 4) is 0 Å². The van der Waals surface area contributed by atoms with E-state index in [0.29, 0.717) is 12.1 Å². The van der Waals surface area contributed by atoms with E-state index in [1.165, 1.54) is 30.5 Å². The number of hydrogen-bond donors (Lipinski definition) is 2. The van der Waals surface area contributed by atoms with Crippen LogP contribution in [-0.2, 0) is 6.54 Å². The average Bonchev–Trinajstić information content (AvgIpc) is 3.26. The van der Waals surface area contributed by atoms with Gasteiger partial charge in [0.15, 0.2) is 5.96 Å². The van der Waals surface area contributed by atoms with Crippen LogP contribution in [0.3, 0.4) is 0 Å². The first-order chi connectivity index (χ1) is 15.7. The zero-order chi connectivity index (χ0) is 22.2. The van der Waals surface area contributed by atoms with Crippen molar-refractivity contribution in [1.29, 1.82) is 0 Å². The number of benzene rings is 1. The van der Waals surface area contributed by atoms with Crippen LogP contribution in [0.15, 0.2) is 53.7 Å². The predicted octanol–water partition coefficient (Wildman–Crippen LogP) is 3.58. The van der Waals surface area contributed by atoms with E-state index in [1.54, 1.807) is 0 Å². The number of piperidine rings is 1. The van der Waals surface area contributed by atoms with Gasteiger partial charge in [-0.25, -0.2) is 4.98 Å². The van der Waals surface area contributed by atoms with Crippen LogP contribution in [-0.4, -0.2) is 60.7 Å². The predicted molar refractivity (Wildman–Crippen MR) is 133 cm³/mol. The molecule has 0 spiro atoms. The van der Waals surface area contributed by atoms with E-state index in [1.807, 2.05) is 6.20 Å². The van der Waals surface area contributed by atoms with Crippen molar-refractivity contribution in [3.63, 3.8) is 0 Å². The van der Waals surface area contributed by atoms with Crippen molar-refractivity contribution in [1.82, 2.24) is 20.5 Å². The minimum absolute atomic E-state index is 0.457. The highest BCUT2D eigenvalue weighted by atomic mass is 15.2. The minimum Gasteiger partial charge on any atom is -0.357 e. The molecule has 0 radical (unpaired) electrons. The second-order valence-corrected chi connectivity index (χ2v) is 9.07. The van der Waals surface area contributed by atoms with Crippen molar-refractivity contribution in [3.05, 3.63) is 59.8 Å². The Labute approximate surface area is 193 Å². The molecular formula is C26H38N6. The summed E-state index contributed by atoms with van der Waals surface area (Å²) in [5, 5.41) is 7.16. The Balaban J connectivity index is 1.29. The standard InChI is InChI=1S/C26H38N6/c1-3-27-26(29-19-24-10-7-15-32(24)20-22-8-5-4-6-9-22)30-23-13-16-31(17-14-23)25-12-11-21(2)18-28-25/h4-6,8-9,11-12,18,23-24H,3,7,10,13-17,19-20H2,1-2H3,(H2,27,29,30). The molecule has 172 valence electrons. The first-order valence-electron chi connectivity index (χ1n) is 12.2. The molecule has 6 heteroatoms. The summed E-state index contributed by atoms with van der Waals surface area (Å²) >= 11 is 0. The van der Waals surface area contributed by atoms with Gasteiger partial charge in [0, 0.05) is 44.5 Å².